The Morgan fingerprint density at radius 1 is 1.06 bits per heavy atom. The normalized spacial score (nSPS) is 9.18. The molecule has 0 spiro atoms. The molecule has 0 aliphatic carbocycles. The quantitative estimate of drug-likeness (QED) is 0.508. The van der Waals surface area contributed by atoms with Crippen LogP contribution in [0.15, 0.2) is 0 Å². The highest BCUT2D eigenvalue weighted by Crippen LogP contribution is 2.14. The van der Waals surface area contributed by atoms with Crippen LogP contribution in [0.5, 0.6) is 0 Å². The van der Waals surface area contributed by atoms with Gasteiger partial charge in [-0.15, -0.1) is 12.8 Å². The molecule has 17 heavy (non-hydrogen) atoms. The summed E-state index contributed by atoms with van der Waals surface area (Å²) in [6.45, 7) is 0. The fraction of sp³-hybridized carbons (Fsp3) is 0.462. The van der Waals surface area contributed by atoms with E-state index < -0.39 is 5.92 Å². The fourth-order valence-electron chi connectivity index (χ4n) is 1.37. The van der Waals surface area contributed by atoms with E-state index in [1.54, 1.807) is 0 Å². The second kappa shape index (κ2) is 8.13. The fourth-order valence-corrected chi connectivity index (χ4v) is 1.37. The van der Waals surface area contributed by atoms with Crippen molar-refractivity contribution < 1.29 is 14.4 Å². The van der Waals surface area contributed by atoms with Gasteiger partial charge < -0.3 is 5.32 Å². The summed E-state index contributed by atoms with van der Waals surface area (Å²) in [5.74, 6) is 2.66. The van der Waals surface area contributed by atoms with Crippen molar-refractivity contribution in [2.45, 2.75) is 25.7 Å². The predicted octanol–water partition coefficient (Wildman–Crippen LogP) is 0.314. The van der Waals surface area contributed by atoms with Crippen molar-refractivity contribution in [1.29, 1.82) is 0 Å². The van der Waals surface area contributed by atoms with Gasteiger partial charge in [-0.3, -0.25) is 14.4 Å². The topological polar surface area (TPSA) is 63.2 Å². The van der Waals surface area contributed by atoms with Gasteiger partial charge in [0.15, 0.2) is 0 Å². The van der Waals surface area contributed by atoms with Crippen molar-refractivity contribution >= 4 is 17.5 Å². The van der Waals surface area contributed by atoms with E-state index in [0.29, 0.717) is 12.8 Å². The molecule has 0 heterocycles. The minimum Gasteiger partial charge on any atom is -0.359 e. The van der Waals surface area contributed by atoms with Crippen molar-refractivity contribution in [3.8, 4) is 24.7 Å². The zero-order chi connectivity index (χ0) is 13.3. The Morgan fingerprint density at radius 3 is 1.76 bits per heavy atom. The van der Waals surface area contributed by atoms with Gasteiger partial charge in [0, 0.05) is 25.8 Å². The lowest BCUT2D eigenvalue weighted by molar-refractivity contribution is -0.125. The molecule has 0 unspecified atom stereocenters. The second-order valence-corrected chi connectivity index (χ2v) is 3.52. The maximum absolute atomic E-state index is 11.5. The molecule has 90 valence electrons. The molecule has 0 aromatic carbocycles. The van der Waals surface area contributed by atoms with E-state index in [0.717, 1.165) is 0 Å². The first-order chi connectivity index (χ1) is 8.04. The molecule has 0 saturated carbocycles. The highest BCUT2D eigenvalue weighted by atomic mass is 16.2. The Bertz CT molecular complexity index is 354. The molecule has 1 amide bonds. The van der Waals surface area contributed by atoms with Crippen molar-refractivity contribution in [1.82, 2.24) is 5.32 Å². The van der Waals surface area contributed by atoms with Crippen molar-refractivity contribution in [3.05, 3.63) is 0 Å². The molecule has 0 aromatic rings. The number of amides is 1. The molecule has 1 N–H and O–H groups in total. The molecule has 4 nitrogen and oxygen atoms in total. The van der Waals surface area contributed by atoms with E-state index in [1.807, 2.05) is 11.8 Å². The van der Waals surface area contributed by atoms with Gasteiger partial charge in [-0.1, -0.05) is 0 Å². The molecular formula is C13H15NO3. The van der Waals surface area contributed by atoms with Gasteiger partial charge in [-0.2, -0.15) is 0 Å². The summed E-state index contributed by atoms with van der Waals surface area (Å²) in [4.78, 5) is 33.4. The lowest BCUT2D eigenvalue weighted by Crippen LogP contribution is -2.28. The third kappa shape index (κ3) is 6.17. The number of Topliss-reactive ketones (excluding diaryl/α,β-unsaturated/α-hetero) is 2. The summed E-state index contributed by atoms with van der Waals surface area (Å²) in [6.07, 6.45) is 10.8. The third-order valence-electron chi connectivity index (χ3n) is 2.38. The Hall–Kier alpha value is -2.07. The maximum Gasteiger partial charge on any atom is 0.222 e. The van der Waals surface area contributed by atoms with Crippen molar-refractivity contribution in [2.75, 3.05) is 7.05 Å². The van der Waals surface area contributed by atoms with Gasteiger partial charge in [0.2, 0.25) is 17.5 Å². The van der Waals surface area contributed by atoms with Crippen LogP contribution in [0.4, 0.5) is 0 Å². The number of rotatable bonds is 7. The number of nitrogens with one attached hydrogen (secondary N) is 1. The predicted molar refractivity (Wildman–Crippen MR) is 63.7 cm³/mol. The first-order valence-corrected chi connectivity index (χ1v) is 5.25. The number of ketones is 2. The molecule has 0 atom stereocenters. The monoisotopic (exact) mass is 233 g/mol. The smallest absolute Gasteiger partial charge is 0.222 e. The third-order valence-corrected chi connectivity index (χ3v) is 2.38. The van der Waals surface area contributed by atoms with Crippen molar-refractivity contribution in [3.63, 3.8) is 0 Å². The molecule has 0 aromatic heterocycles. The summed E-state index contributed by atoms with van der Waals surface area (Å²) in [5.41, 5.74) is 0. The highest BCUT2D eigenvalue weighted by molar-refractivity contribution is 5.96. The Balaban J connectivity index is 4.31. The Morgan fingerprint density at radius 2 is 1.47 bits per heavy atom. The van der Waals surface area contributed by atoms with E-state index in [2.05, 4.69) is 5.32 Å². The lowest BCUT2D eigenvalue weighted by atomic mass is 9.94. The molecule has 0 rings (SSSR count). The van der Waals surface area contributed by atoms with Crippen LogP contribution >= 0.6 is 0 Å². The Labute approximate surface area is 101 Å². The summed E-state index contributed by atoms with van der Waals surface area (Å²) in [5, 5.41) is 2.48. The zero-order valence-corrected chi connectivity index (χ0v) is 9.79. The summed E-state index contributed by atoms with van der Waals surface area (Å²) < 4.78 is 0. The van der Waals surface area contributed by atoms with Gasteiger partial charge >= 0.3 is 0 Å². The average Bonchev–Trinajstić information content (AvgIpc) is 2.36. The number of hydrogen-bond donors (Lipinski definition) is 1. The number of terminal acetylenes is 2. The molecule has 0 bridgehead atoms. The number of hydrogen-bond acceptors (Lipinski definition) is 3. The molecule has 0 aliphatic heterocycles. The van der Waals surface area contributed by atoms with Crippen LogP contribution < -0.4 is 5.32 Å². The number of carbonyl (C=O) groups is 3. The van der Waals surface area contributed by atoms with Crippen molar-refractivity contribution in [2.24, 2.45) is 5.92 Å². The van der Waals surface area contributed by atoms with Crippen LogP contribution in [-0.2, 0) is 14.4 Å². The lowest BCUT2D eigenvalue weighted by Gasteiger charge is -2.13. The van der Waals surface area contributed by atoms with Crippen LogP contribution in [0.2, 0.25) is 0 Å². The largest absolute Gasteiger partial charge is 0.359 e. The molecule has 0 saturated heterocycles. The molecule has 0 aliphatic rings. The molecule has 0 radical (unpaired) electrons. The summed E-state index contributed by atoms with van der Waals surface area (Å²) >= 11 is 0. The summed E-state index contributed by atoms with van der Waals surface area (Å²) in [7, 11) is 1.50. The average molecular weight is 233 g/mol. The van der Waals surface area contributed by atoms with Gasteiger partial charge in [-0.05, 0) is 24.7 Å². The minimum absolute atomic E-state index is 0.138. The second-order valence-electron chi connectivity index (χ2n) is 3.52. The molecule has 4 heteroatoms. The van der Waals surface area contributed by atoms with Crippen LogP contribution in [0, 0.1) is 30.6 Å². The molecule has 0 fully saturated rings. The van der Waals surface area contributed by atoms with Crippen LogP contribution in [-0.4, -0.2) is 24.5 Å². The van der Waals surface area contributed by atoms with Gasteiger partial charge in [0.05, 0.1) is 0 Å². The van der Waals surface area contributed by atoms with Crippen LogP contribution in [0.1, 0.15) is 25.7 Å². The first kappa shape index (κ1) is 14.9. The Kier molecular flexibility index (Phi) is 7.14. The minimum atomic E-state index is -0.408. The SMILES string of the molecule is C#CC(=O)CCC(CCC(=O)C#C)C(=O)NC. The summed E-state index contributed by atoms with van der Waals surface area (Å²) in [6, 6.07) is 0. The van der Waals surface area contributed by atoms with E-state index in [4.69, 9.17) is 12.8 Å². The molecular weight excluding hydrogens is 218 g/mol. The van der Waals surface area contributed by atoms with E-state index in [1.165, 1.54) is 7.05 Å². The van der Waals surface area contributed by atoms with E-state index >= 15 is 0 Å². The maximum atomic E-state index is 11.5. The zero-order valence-electron chi connectivity index (χ0n) is 9.79. The first-order valence-electron chi connectivity index (χ1n) is 5.25. The van der Waals surface area contributed by atoms with Crippen LogP contribution in [0.3, 0.4) is 0 Å². The highest BCUT2D eigenvalue weighted by Gasteiger charge is 2.18. The number of carbonyl (C=O) groups excluding carboxylic acids is 3. The van der Waals surface area contributed by atoms with E-state index in [-0.39, 0.29) is 30.3 Å². The van der Waals surface area contributed by atoms with Gasteiger partial charge in [0.25, 0.3) is 0 Å². The standard InChI is InChI=1S/C13H15NO3/c1-4-11(15)8-6-10(13(17)14-3)7-9-12(16)5-2/h1-2,10H,6-9H2,3H3,(H,14,17). The van der Waals surface area contributed by atoms with Gasteiger partial charge in [-0.25, -0.2) is 0 Å². The van der Waals surface area contributed by atoms with E-state index in [9.17, 15) is 14.4 Å². The van der Waals surface area contributed by atoms with Crippen LogP contribution in [0.25, 0.3) is 0 Å². The van der Waals surface area contributed by atoms with Gasteiger partial charge in [0.1, 0.15) is 0 Å².